The molecule has 5 nitrogen and oxygen atoms in total. The van der Waals surface area contributed by atoms with Gasteiger partial charge in [0.25, 0.3) is 5.91 Å². The third-order valence-corrected chi connectivity index (χ3v) is 3.20. The molecule has 1 aliphatic rings. The minimum atomic E-state index is -0.292. The van der Waals surface area contributed by atoms with Gasteiger partial charge in [0.1, 0.15) is 5.71 Å². The molecule has 18 heavy (non-hydrogen) atoms. The first kappa shape index (κ1) is 12.8. The van der Waals surface area contributed by atoms with Crippen LogP contribution >= 0.6 is 15.9 Å². The van der Waals surface area contributed by atoms with Gasteiger partial charge in [-0.25, -0.2) is 5.43 Å². The Kier molecular flexibility index (Phi) is 3.76. The molecule has 2 rings (SSSR count). The third-order valence-electron chi connectivity index (χ3n) is 2.54. The van der Waals surface area contributed by atoms with Crippen molar-refractivity contribution in [3.05, 3.63) is 28.2 Å². The number of nitrogens with one attached hydrogen (secondary N) is 2. The highest BCUT2D eigenvalue weighted by Crippen LogP contribution is 2.23. The zero-order chi connectivity index (χ0) is 13.1. The van der Waals surface area contributed by atoms with Gasteiger partial charge in [0.2, 0.25) is 5.91 Å². The van der Waals surface area contributed by atoms with Gasteiger partial charge in [-0.05, 0) is 40.5 Å². The molecule has 1 aromatic rings. The summed E-state index contributed by atoms with van der Waals surface area (Å²) in [5.74, 6) is -0.456. The molecule has 0 atom stereocenters. The lowest BCUT2D eigenvalue weighted by Gasteiger charge is -2.13. The number of hydrogen-bond acceptors (Lipinski definition) is 3. The largest absolute Gasteiger partial charge is 0.320 e. The van der Waals surface area contributed by atoms with E-state index < -0.39 is 0 Å². The summed E-state index contributed by atoms with van der Waals surface area (Å²) >= 11 is 3.38. The second-order valence-corrected chi connectivity index (χ2v) is 4.89. The molecule has 1 heterocycles. The Morgan fingerprint density at radius 1 is 1.44 bits per heavy atom. The molecule has 1 aromatic carbocycles. The van der Waals surface area contributed by atoms with Gasteiger partial charge in [0.05, 0.1) is 5.69 Å². The standard InChI is InChI=1S/C12H12BrN3O2/c1-7-2-3-9(8(13)6-7)14-12(18)10-4-5-11(17)16-15-10/h2-3,6H,4-5H2,1H3,(H,14,18)(H,16,17). The number of amides is 2. The first-order valence-electron chi connectivity index (χ1n) is 5.49. The number of aryl methyl sites for hydroxylation is 1. The molecule has 1 aliphatic heterocycles. The number of carbonyl (C=O) groups excluding carboxylic acids is 2. The molecule has 0 saturated heterocycles. The Labute approximate surface area is 113 Å². The van der Waals surface area contributed by atoms with E-state index >= 15 is 0 Å². The van der Waals surface area contributed by atoms with Gasteiger partial charge >= 0.3 is 0 Å². The van der Waals surface area contributed by atoms with E-state index in [2.05, 4.69) is 31.8 Å². The van der Waals surface area contributed by atoms with Gasteiger partial charge in [-0.1, -0.05) is 6.07 Å². The summed E-state index contributed by atoms with van der Waals surface area (Å²) in [6, 6.07) is 5.64. The number of hydrogen-bond donors (Lipinski definition) is 2. The maximum Gasteiger partial charge on any atom is 0.271 e. The van der Waals surface area contributed by atoms with Crippen LogP contribution in [0, 0.1) is 6.92 Å². The SMILES string of the molecule is Cc1ccc(NC(=O)C2=NNC(=O)CC2)c(Br)c1. The van der Waals surface area contributed by atoms with Crippen LogP contribution in [0.3, 0.4) is 0 Å². The van der Waals surface area contributed by atoms with Crippen LogP contribution in [0.5, 0.6) is 0 Å². The van der Waals surface area contributed by atoms with Crippen LogP contribution in [0.2, 0.25) is 0 Å². The number of nitrogens with zero attached hydrogens (tertiary/aromatic N) is 1. The lowest BCUT2D eigenvalue weighted by molar-refractivity contribution is -0.121. The van der Waals surface area contributed by atoms with E-state index in [-0.39, 0.29) is 11.8 Å². The molecule has 0 spiro atoms. The van der Waals surface area contributed by atoms with Crippen LogP contribution in [-0.4, -0.2) is 17.5 Å². The van der Waals surface area contributed by atoms with Gasteiger partial charge in [0, 0.05) is 17.3 Å². The predicted octanol–water partition coefficient (Wildman–Crippen LogP) is 1.96. The van der Waals surface area contributed by atoms with Crippen LogP contribution in [0.1, 0.15) is 18.4 Å². The normalized spacial score (nSPS) is 14.8. The highest BCUT2D eigenvalue weighted by molar-refractivity contribution is 9.10. The smallest absolute Gasteiger partial charge is 0.271 e. The molecule has 0 bridgehead atoms. The van der Waals surface area contributed by atoms with Gasteiger partial charge in [0.15, 0.2) is 0 Å². The van der Waals surface area contributed by atoms with Crippen molar-refractivity contribution in [1.82, 2.24) is 5.43 Å². The molecule has 94 valence electrons. The van der Waals surface area contributed by atoms with Crippen molar-refractivity contribution in [3.8, 4) is 0 Å². The average Bonchev–Trinajstić information content (AvgIpc) is 2.33. The van der Waals surface area contributed by atoms with E-state index in [0.29, 0.717) is 24.2 Å². The van der Waals surface area contributed by atoms with Gasteiger partial charge in [-0.2, -0.15) is 5.10 Å². The van der Waals surface area contributed by atoms with Crippen LogP contribution in [0.15, 0.2) is 27.8 Å². The highest BCUT2D eigenvalue weighted by atomic mass is 79.9. The summed E-state index contributed by atoms with van der Waals surface area (Å²) in [5, 5.41) is 6.50. The number of rotatable bonds is 2. The predicted molar refractivity (Wildman–Crippen MR) is 72.3 cm³/mol. The van der Waals surface area contributed by atoms with Crippen molar-refractivity contribution in [3.63, 3.8) is 0 Å². The molecule has 2 amide bonds. The number of anilines is 1. The number of carbonyl (C=O) groups is 2. The Hall–Kier alpha value is -1.69. The van der Waals surface area contributed by atoms with Crippen LogP contribution in [0.25, 0.3) is 0 Å². The third kappa shape index (κ3) is 2.95. The molecule has 0 aliphatic carbocycles. The maximum absolute atomic E-state index is 11.9. The lowest BCUT2D eigenvalue weighted by atomic mass is 10.1. The summed E-state index contributed by atoms with van der Waals surface area (Å²) in [4.78, 5) is 22.8. The minimum Gasteiger partial charge on any atom is -0.320 e. The number of halogens is 1. The molecular formula is C12H12BrN3O2. The summed E-state index contributed by atoms with van der Waals surface area (Å²) in [7, 11) is 0. The lowest BCUT2D eigenvalue weighted by Crippen LogP contribution is -2.32. The molecule has 0 fully saturated rings. The molecular weight excluding hydrogens is 298 g/mol. The van der Waals surface area contributed by atoms with Gasteiger partial charge < -0.3 is 5.32 Å². The maximum atomic E-state index is 11.9. The van der Waals surface area contributed by atoms with E-state index in [1.54, 1.807) is 0 Å². The summed E-state index contributed by atoms with van der Waals surface area (Å²) < 4.78 is 0.816. The molecule has 0 radical (unpaired) electrons. The first-order valence-corrected chi connectivity index (χ1v) is 6.28. The van der Waals surface area contributed by atoms with Gasteiger partial charge in [-0.15, -0.1) is 0 Å². The fraction of sp³-hybridized carbons (Fsp3) is 0.250. The Morgan fingerprint density at radius 3 is 2.83 bits per heavy atom. The zero-order valence-electron chi connectivity index (χ0n) is 9.79. The topological polar surface area (TPSA) is 70.6 Å². The minimum absolute atomic E-state index is 0.164. The Balaban J connectivity index is 2.09. The fourth-order valence-corrected chi connectivity index (χ4v) is 2.15. The van der Waals surface area contributed by atoms with Crippen molar-refractivity contribution in [2.45, 2.75) is 19.8 Å². The second kappa shape index (κ2) is 5.30. The molecule has 6 heteroatoms. The van der Waals surface area contributed by atoms with E-state index in [4.69, 9.17) is 0 Å². The fourth-order valence-electron chi connectivity index (χ4n) is 1.55. The van der Waals surface area contributed by atoms with Crippen molar-refractivity contribution in [1.29, 1.82) is 0 Å². The van der Waals surface area contributed by atoms with E-state index in [1.165, 1.54) is 0 Å². The molecule has 0 saturated carbocycles. The van der Waals surface area contributed by atoms with E-state index in [1.807, 2.05) is 25.1 Å². The number of hydrazone groups is 1. The number of benzene rings is 1. The summed E-state index contributed by atoms with van der Waals surface area (Å²) in [6.45, 7) is 1.97. The summed E-state index contributed by atoms with van der Waals surface area (Å²) in [5.41, 5.74) is 4.42. The first-order chi connectivity index (χ1) is 8.56. The van der Waals surface area contributed by atoms with Crippen LogP contribution < -0.4 is 10.7 Å². The Bertz CT molecular complexity index is 540. The molecule has 0 unspecified atom stereocenters. The monoisotopic (exact) mass is 309 g/mol. The Morgan fingerprint density at radius 2 is 2.22 bits per heavy atom. The van der Waals surface area contributed by atoms with Crippen LogP contribution in [-0.2, 0) is 9.59 Å². The van der Waals surface area contributed by atoms with Crippen molar-refractivity contribution >= 4 is 39.1 Å². The van der Waals surface area contributed by atoms with Crippen molar-refractivity contribution in [2.75, 3.05) is 5.32 Å². The average molecular weight is 310 g/mol. The zero-order valence-corrected chi connectivity index (χ0v) is 11.4. The highest BCUT2D eigenvalue weighted by Gasteiger charge is 2.18. The second-order valence-electron chi connectivity index (χ2n) is 4.03. The van der Waals surface area contributed by atoms with Gasteiger partial charge in [-0.3, -0.25) is 9.59 Å². The quantitative estimate of drug-likeness (QED) is 0.876. The van der Waals surface area contributed by atoms with Crippen molar-refractivity contribution in [2.24, 2.45) is 5.10 Å². The summed E-state index contributed by atoms with van der Waals surface area (Å²) in [6.07, 6.45) is 0.655. The van der Waals surface area contributed by atoms with Crippen LogP contribution in [0.4, 0.5) is 5.69 Å². The molecule has 2 N–H and O–H groups in total. The van der Waals surface area contributed by atoms with E-state index in [9.17, 15) is 9.59 Å². The molecule has 0 aromatic heterocycles. The van der Waals surface area contributed by atoms with E-state index in [0.717, 1.165) is 10.0 Å². The van der Waals surface area contributed by atoms with Crippen molar-refractivity contribution < 1.29 is 9.59 Å².